The van der Waals surface area contributed by atoms with Gasteiger partial charge < -0.3 is 10.6 Å². The number of nitrogens with zero attached hydrogens (tertiary/aromatic N) is 1. The summed E-state index contributed by atoms with van der Waals surface area (Å²) < 4.78 is 0. The monoisotopic (exact) mass is 277 g/mol. The van der Waals surface area contributed by atoms with E-state index in [1.165, 1.54) is 25.0 Å². The number of anilines is 1. The van der Waals surface area contributed by atoms with Gasteiger partial charge >= 0.3 is 0 Å². The maximum absolute atomic E-state index is 12.2. The van der Waals surface area contributed by atoms with Crippen LogP contribution < -0.4 is 10.6 Å². The van der Waals surface area contributed by atoms with Crippen LogP contribution in [-0.2, 0) is 0 Å². The number of nitro benzene ring substituents is 1. The smallest absolute Gasteiger partial charge is 0.293 e. The Morgan fingerprint density at radius 3 is 2.75 bits per heavy atom. The van der Waals surface area contributed by atoms with E-state index in [0.717, 1.165) is 12.3 Å². The fourth-order valence-electron chi connectivity index (χ4n) is 2.36. The van der Waals surface area contributed by atoms with Crippen molar-refractivity contribution >= 4 is 17.3 Å². The van der Waals surface area contributed by atoms with Crippen LogP contribution in [0.1, 0.15) is 36.5 Å². The van der Waals surface area contributed by atoms with Gasteiger partial charge in [0.05, 0.1) is 10.5 Å². The largest absolute Gasteiger partial charge is 0.382 e. The zero-order valence-corrected chi connectivity index (χ0v) is 11.7. The molecule has 0 aliphatic heterocycles. The normalized spacial score (nSPS) is 15.5. The second-order valence-corrected chi connectivity index (χ2v) is 5.26. The van der Waals surface area contributed by atoms with Crippen molar-refractivity contribution in [3.63, 3.8) is 0 Å². The SMILES string of the molecule is CNc1c(C(=O)NC(C)CC2CC2)cccc1[N+](=O)[O-]. The van der Waals surface area contributed by atoms with E-state index in [-0.39, 0.29) is 23.3 Å². The number of hydrogen-bond donors (Lipinski definition) is 2. The molecule has 1 aromatic rings. The molecule has 0 heterocycles. The van der Waals surface area contributed by atoms with Gasteiger partial charge in [0, 0.05) is 19.2 Å². The van der Waals surface area contributed by atoms with Gasteiger partial charge in [-0.2, -0.15) is 0 Å². The molecule has 1 aliphatic carbocycles. The number of hydrogen-bond acceptors (Lipinski definition) is 4. The van der Waals surface area contributed by atoms with Crippen LogP contribution in [0.15, 0.2) is 18.2 Å². The zero-order valence-electron chi connectivity index (χ0n) is 11.7. The molecular weight excluding hydrogens is 258 g/mol. The standard InChI is InChI=1S/C14H19N3O3/c1-9(8-10-6-7-10)16-14(18)11-4-3-5-12(17(19)20)13(11)15-2/h3-5,9-10,15H,6-8H2,1-2H3,(H,16,18). The van der Waals surface area contributed by atoms with Crippen molar-refractivity contribution in [2.75, 3.05) is 12.4 Å². The van der Waals surface area contributed by atoms with Gasteiger partial charge in [-0.1, -0.05) is 18.9 Å². The lowest BCUT2D eigenvalue weighted by Crippen LogP contribution is -2.33. The van der Waals surface area contributed by atoms with Crippen molar-refractivity contribution in [2.24, 2.45) is 5.92 Å². The van der Waals surface area contributed by atoms with Gasteiger partial charge in [0.25, 0.3) is 11.6 Å². The summed E-state index contributed by atoms with van der Waals surface area (Å²) in [7, 11) is 1.58. The Labute approximate surface area is 117 Å². The molecule has 1 fully saturated rings. The minimum atomic E-state index is -0.490. The van der Waals surface area contributed by atoms with Crippen LogP contribution in [0.5, 0.6) is 0 Å². The van der Waals surface area contributed by atoms with Crippen molar-refractivity contribution in [3.05, 3.63) is 33.9 Å². The second-order valence-electron chi connectivity index (χ2n) is 5.26. The van der Waals surface area contributed by atoms with Crippen LogP contribution in [0.3, 0.4) is 0 Å². The highest BCUT2D eigenvalue weighted by atomic mass is 16.6. The van der Waals surface area contributed by atoms with Crippen LogP contribution in [0.25, 0.3) is 0 Å². The molecule has 1 aliphatic rings. The third kappa shape index (κ3) is 3.26. The lowest BCUT2D eigenvalue weighted by atomic mass is 10.1. The molecule has 1 aromatic carbocycles. The number of benzene rings is 1. The lowest BCUT2D eigenvalue weighted by Gasteiger charge is -2.15. The molecule has 1 atom stereocenters. The summed E-state index contributed by atoms with van der Waals surface area (Å²) in [6.07, 6.45) is 3.44. The van der Waals surface area contributed by atoms with E-state index in [0.29, 0.717) is 5.56 Å². The first kappa shape index (κ1) is 14.3. The first-order valence-corrected chi connectivity index (χ1v) is 6.79. The molecule has 2 rings (SSSR count). The minimum absolute atomic E-state index is 0.0824. The maximum Gasteiger partial charge on any atom is 0.293 e. The molecule has 1 unspecified atom stereocenters. The van der Waals surface area contributed by atoms with E-state index in [1.54, 1.807) is 13.1 Å². The van der Waals surface area contributed by atoms with Crippen LogP contribution in [-0.4, -0.2) is 23.9 Å². The molecule has 6 nitrogen and oxygen atoms in total. The molecule has 6 heteroatoms. The summed E-state index contributed by atoms with van der Waals surface area (Å²) in [5.74, 6) is 0.449. The average molecular weight is 277 g/mol. The molecule has 20 heavy (non-hydrogen) atoms. The number of nitro groups is 1. The maximum atomic E-state index is 12.2. The number of carbonyl (C=O) groups excluding carboxylic acids is 1. The first-order valence-electron chi connectivity index (χ1n) is 6.79. The topological polar surface area (TPSA) is 84.3 Å². The quantitative estimate of drug-likeness (QED) is 0.618. The van der Waals surface area contributed by atoms with Gasteiger partial charge in [-0.05, 0) is 25.3 Å². The highest BCUT2D eigenvalue weighted by molar-refractivity contribution is 6.01. The molecule has 2 N–H and O–H groups in total. The lowest BCUT2D eigenvalue weighted by molar-refractivity contribution is -0.384. The Bertz CT molecular complexity index is 526. The van der Waals surface area contributed by atoms with Gasteiger partial charge in [0.2, 0.25) is 0 Å². The Balaban J connectivity index is 2.15. The van der Waals surface area contributed by atoms with Crippen LogP contribution >= 0.6 is 0 Å². The first-order chi connectivity index (χ1) is 9.52. The van der Waals surface area contributed by atoms with Gasteiger partial charge in [-0.15, -0.1) is 0 Å². The second kappa shape index (κ2) is 5.90. The fourth-order valence-corrected chi connectivity index (χ4v) is 2.36. The Morgan fingerprint density at radius 2 is 2.20 bits per heavy atom. The van der Waals surface area contributed by atoms with Crippen molar-refractivity contribution in [1.29, 1.82) is 0 Å². The molecule has 0 spiro atoms. The van der Waals surface area contributed by atoms with Crippen LogP contribution in [0.4, 0.5) is 11.4 Å². The summed E-state index contributed by atoms with van der Waals surface area (Å²) in [6, 6.07) is 4.59. The summed E-state index contributed by atoms with van der Waals surface area (Å²) in [5, 5.41) is 16.6. The molecule has 108 valence electrons. The summed E-state index contributed by atoms with van der Waals surface area (Å²) in [4.78, 5) is 22.7. The molecule has 1 saturated carbocycles. The molecule has 0 aromatic heterocycles. The number of nitrogens with one attached hydrogen (secondary N) is 2. The molecule has 1 amide bonds. The van der Waals surface area contributed by atoms with E-state index < -0.39 is 4.92 Å². The van der Waals surface area contributed by atoms with E-state index >= 15 is 0 Å². The van der Waals surface area contributed by atoms with E-state index in [4.69, 9.17) is 0 Å². The van der Waals surface area contributed by atoms with Crippen molar-refractivity contribution < 1.29 is 9.72 Å². The van der Waals surface area contributed by atoms with Crippen LogP contribution in [0.2, 0.25) is 0 Å². The predicted molar refractivity (Wildman–Crippen MR) is 76.9 cm³/mol. The van der Waals surface area contributed by atoms with Crippen molar-refractivity contribution in [2.45, 2.75) is 32.2 Å². The molecule has 0 bridgehead atoms. The highest BCUT2D eigenvalue weighted by Crippen LogP contribution is 2.33. The van der Waals surface area contributed by atoms with Gasteiger partial charge in [-0.3, -0.25) is 14.9 Å². The average Bonchev–Trinajstić information content (AvgIpc) is 3.21. The number of amides is 1. The molecular formula is C14H19N3O3. The molecule has 0 radical (unpaired) electrons. The Morgan fingerprint density at radius 1 is 1.50 bits per heavy atom. The van der Waals surface area contributed by atoms with E-state index in [1.807, 2.05) is 6.92 Å². The summed E-state index contributed by atoms with van der Waals surface area (Å²) in [6.45, 7) is 1.96. The van der Waals surface area contributed by atoms with Gasteiger partial charge in [-0.25, -0.2) is 0 Å². The van der Waals surface area contributed by atoms with Crippen molar-refractivity contribution in [1.82, 2.24) is 5.32 Å². The Kier molecular flexibility index (Phi) is 4.22. The van der Waals surface area contributed by atoms with Crippen molar-refractivity contribution in [3.8, 4) is 0 Å². The highest BCUT2D eigenvalue weighted by Gasteiger charge is 2.26. The van der Waals surface area contributed by atoms with Crippen LogP contribution in [0, 0.1) is 16.0 Å². The van der Waals surface area contributed by atoms with E-state index in [9.17, 15) is 14.9 Å². The summed E-state index contributed by atoms with van der Waals surface area (Å²) >= 11 is 0. The van der Waals surface area contributed by atoms with Gasteiger partial charge in [0.15, 0.2) is 0 Å². The molecule has 0 saturated heterocycles. The third-order valence-electron chi connectivity index (χ3n) is 3.50. The summed E-state index contributed by atoms with van der Waals surface area (Å²) in [5.41, 5.74) is 0.480. The van der Waals surface area contributed by atoms with Gasteiger partial charge in [0.1, 0.15) is 5.69 Å². The third-order valence-corrected chi connectivity index (χ3v) is 3.50. The Hall–Kier alpha value is -2.11. The number of rotatable bonds is 6. The predicted octanol–water partition coefficient (Wildman–Crippen LogP) is 2.55. The number of para-hydroxylation sites is 1. The number of carbonyl (C=O) groups is 1. The fraction of sp³-hybridized carbons (Fsp3) is 0.500. The minimum Gasteiger partial charge on any atom is -0.382 e. The van der Waals surface area contributed by atoms with E-state index in [2.05, 4.69) is 10.6 Å². The zero-order chi connectivity index (χ0) is 14.7.